The number of nitrogens with one attached hydrogen (secondary N) is 1. The summed E-state index contributed by atoms with van der Waals surface area (Å²) in [6, 6.07) is 12.5. The molecule has 0 spiro atoms. The van der Waals surface area contributed by atoms with Crippen LogP contribution in [0.3, 0.4) is 0 Å². The van der Waals surface area contributed by atoms with Crippen molar-refractivity contribution < 1.29 is 14.6 Å². The van der Waals surface area contributed by atoms with Crippen molar-refractivity contribution in [2.24, 2.45) is 11.8 Å². The molecule has 6 nitrogen and oxygen atoms in total. The van der Waals surface area contributed by atoms with Gasteiger partial charge in [-0.2, -0.15) is 5.26 Å². The highest BCUT2D eigenvalue weighted by Gasteiger charge is 2.44. The molecule has 27 heavy (non-hydrogen) atoms. The largest absolute Gasteiger partial charge is 0.506 e. The highest BCUT2D eigenvalue weighted by Crippen LogP contribution is 2.41. The van der Waals surface area contributed by atoms with Gasteiger partial charge in [-0.3, -0.25) is 4.79 Å². The zero-order valence-electron chi connectivity index (χ0n) is 14.8. The number of aromatic hydroxyl groups is 1. The number of nitriles is 1. The van der Waals surface area contributed by atoms with E-state index in [1.807, 2.05) is 12.1 Å². The molecule has 0 radical (unpaired) electrons. The Morgan fingerprint density at radius 3 is 2.78 bits per heavy atom. The molecular weight excluding hydrogens is 342 g/mol. The minimum absolute atomic E-state index is 0.00962. The van der Waals surface area contributed by atoms with Gasteiger partial charge < -0.3 is 15.2 Å². The molecule has 0 bridgehead atoms. The minimum atomic E-state index is -0.00962. The maximum atomic E-state index is 12.5. The summed E-state index contributed by atoms with van der Waals surface area (Å²) in [4.78, 5) is 16.5. The van der Waals surface area contributed by atoms with E-state index in [-0.39, 0.29) is 23.7 Å². The van der Waals surface area contributed by atoms with Crippen LogP contribution in [0.5, 0.6) is 11.5 Å². The monoisotopic (exact) mass is 363 g/mol. The van der Waals surface area contributed by atoms with E-state index in [4.69, 9.17) is 10.00 Å². The lowest BCUT2D eigenvalue weighted by atomic mass is 9.90. The SMILES string of the molecule is N#Cc1ccc(O[C@H]2C[C@@H]3CN[C@@H](CC(=O)c4ccc(O)cn4)[C@H]3C2)cc1. The van der Waals surface area contributed by atoms with Crippen molar-refractivity contribution in [3.63, 3.8) is 0 Å². The molecule has 138 valence electrons. The van der Waals surface area contributed by atoms with Gasteiger partial charge in [-0.1, -0.05) is 0 Å². The maximum Gasteiger partial charge on any atom is 0.182 e. The Morgan fingerprint density at radius 1 is 1.26 bits per heavy atom. The fraction of sp³-hybridized carbons (Fsp3) is 0.381. The lowest BCUT2D eigenvalue weighted by molar-refractivity contribution is 0.0956. The third-order valence-electron chi connectivity index (χ3n) is 5.59. The van der Waals surface area contributed by atoms with Gasteiger partial charge in [0.1, 0.15) is 17.2 Å². The number of carbonyl (C=O) groups excluding carboxylic acids is 1. The van der Waals surface area contributed by atoms with Gasteiger partial charge in [0.05, 0.1) is 23.9 Å². The first-order valence-corrected chi connectivity index (χ1v) is 9.21. The molecule has 0 unspecified atom stereocenters. The lowest BCUT2D eigenvalue weighted by Gasteiger charge is -2.19. The van der Waals surface area contributed by atoms with Crippen molar-refractivity contribution in [1.29, 1.82) is 5.26 Å². The first kappa shape index (κ1) is 17.5. The van der Waals surface area contributed by atoms with Crippen LogP contribution in [0.25, 0.3) is 0 Å². The summed E-state index contributed by atoms with van der Waals surface area (Å²) < 4.78 is 6.10. The summed E-state index contributed by atoms with van der Waals surface area (Å²) in [5.41, 5.74) is 1.01. The number of nitrogens with zero attached hydrogens (tertiary/aromatic N) is 2. The fourth-order valence-corrected chi connectivity index (χ4v) is 4.26. The summed E-state index contributed by atoms with van der Waals surface area (Å²) in [6.07, 6.45) is 3.73. The van der Waals surface area contributed by atoms with E-state index < -0.39 is 0 Å². The molecule has 1 aromatic carbocycles. The predicted molar refractivity (Wildman–Crippen MR) is 98.4 cm³/mol. The Labute approximate surface area is 157 Å². The van der Waals surface area contributed by atoms with Crippen molar-refractivity contribution in [2.75, 3.05) is 6.54 Å². The van der Waals surface area contributed by atoms with Gasteiger partial charge in [0.2, 0.25) is 0 Å². The van der Waals surface area contributed by atoms with E-state index in [0.717, 1.165) is 25.1 Å². The van der Waals surface area contributed by atoms with Gasteiger partial charge in [0.25, 0.3) is 0 Å². The lowest BCUT2D eigenvalue weighted by Crippen LogP contribution is -2.31. The molecule has 2 heterocycles. The van der Waals surface area contributed by atoms with Crippen LogP contribution in [0.15, 0.2) is 42.6 Å². The molecule has 2 N–H and O–H groups in total. The second-order valence-electron chi connectivity index (χ2n) is 7.32. The van der Waals surface area contributed by atoms with Gasteiger partial charge in [-0.15, -0.1) is 0 Å². The minimum Gasteiger partial charge on any atom is -0.506 e. The van der Waals surface area contributed by atoms with E-state index in [1.54, 1.807) is 18.2 Å². The number of hydrogen-bond acceptors (Lipinski definition) is 6. The Kier molecular flexibility index (Phi) is 4.78. The zero-order valence-corrected chi connectivity index (χ0v) is 14.8. The van der Waals surface area contributed by atoms with Crippen LogP contribution in [-0.2, 0) is 0 Å². The molecule has 1 saturated heterocycles. The molecule has 2 aromatic rings. The first-order valence-electron chi connectivity index (χ1n) is 9.21. The number of fused-ring (bicyclic) bond motifs is 1. The van der Waals surface area contributed by atoms with Gasteiger partial charge in [0, 0.05) is 12.5 Å². The second kappa shape index (κ2) is 7.37. The molecule has 2 aliphatic rings. The van der Waals surface area contributed by atoms with Gasteiger partial charge >= 0.3 is 0 Å². The molecule has 4 atom stereocenters. The second-order valence-corrected chi connectivity index (χ2v) is 7.32. The van der Waals surface area contributed by atoms with Gasteiger partial charge in [-0.05, 0) is 67.6 Å². The summed E-state index contributed by atoms with van der Waals surface area (Å²) in [6.45, 7) is 0.902. The maximum absolute atomic E-state index is 12.5. The van der Waals surface area contributed by atoms with Crippen LogP contribution in [0, 0.1) is 23.2 Å². The predicted octanol–water partition coefficient (Wildman–Crippen LogP) is 2.68. The Bertz CT molecular complexity index is 858. The highest BCUT2D eigenvalue weighted by atomic mass is 16.5. The molecule has 4 rings (SSSR count). The molecule has 1 aromatic heterocycles. The average Bonchev–Trinajstić information content (AvgIpc) is 3.24. The van der Waals surface area contributed by atoms with E-state index in [0.29, 0.717) is 29.5 Å². The average molecular weight is 363 g/mol. The van der Waals surface area contributed by atoms with Crippen molar-refractivity contribution >= 4 is 5.78 Å². The molecule has 2 fully saturated rings. The van der Waals surface area contributed by atoms with Crippen LogP contribution in [-0.4, -0.2) is 34.6 Å². The number of ether oxygens (including phenoxy) is 1. The van der Waals surface area contributed by atoms with E-state index in [1.165, 1.54) is 12.3 Å². The summed E-state index contributed by atoms with van der Waals surface area (Å²) in [7, 11) is 0. The van der Waals surface area contributed by atoms with E-state index in [2.05, 4.69) is 16.4 Å². The normalized spacial score (nSPS) is 26.3. The third kappa shape index (κ3) is 3.79. The number of rotatable bonds is 5. The fourth-order valence-electron chi connectivity index (χ4n) is 4.26. The number of carbonyl (C=O) groups is 1. The Balaban J connectivity index is 1.36. The number of aromatic nitrogens is 1. The van der Waals surface area contributed by atoms with E-state index >= 15 is 0 Å². The topological polar surface area (TPSA) is 95.2 Å². The molecule has 1 aliphatic heterocycles. The quantitative estimate of drug-likeness (QED) is 0.793. The molecule has 1 saturated carbocycles. The van der Waals surface area contributed by atoms with E-state index in [9.17, 15) is 9.90 Å². The van der Waals surface area contributed by atoms with Crippen LogP contribution >= 0.6 is 0 Å². The van der Waals surface area contributed by atoms with Crippen molar-refractivity contribution in [1.82, 2.24) is 10.3 Å². The molecular formula is C21H21N3O3. The molecule has 0 amide bonds. The van der Waals surface area contributed by atoms with Crippen molar-refractivity contribution in [3.05, 3.63) is 53.9 Å². The van der Waals surface area contributed by atoms with Crippen molar-refractivity contribution in [2.45, 2.75) is 31.4 Å². The number of pyridine rings is 1. The highest BCUT2D eigenvalue weighted by molar-refractivity contribution is 5.94. The smallest absolute Gasteiger partial charge is 0.182 e. The van der Waals surface area contributed by atoms with Crippen LogP contribution in [0.2, 0.25) is 0 Å². The molecule has 1 aliphatic carbocycles. The number of benzene rings is 1. The summed E-state index contributed by atoms with van der Waals surface area (Å²) >= 11 is 0. The van der Waals surface area contributed by atoms with Crippen molar-refractivity contribution in [3.8, 4) is 17.6 Å². The zero-order chi connectivity index (χ0) is 18.8. The number of Topliss-reactive ketones (excluding diaryl/α,β-unsaturated/α-hetero) is 1. The number of hydrogen-bond donors (Lipinski definition) is 2. The number of ketones is 1. The van der Waals surface area contributed by atoms with Gasteiger partial charge in [-0.25, -0.2) is 4.98 Å². The van der Waals surface area contributed by atoms with Gasteiger partial charge in [0.15, 0.2) is 5.78 Å². The molecule has 6 heteroatoms. The van der Waals surface area contributed by atoms with Crippen LogP contribution < -0.4 is 10.1 Å². The van der Waals surface area contributed by atoms with Crippen LogP contribution in [0.4, 0.5) is 0 Å². The Hall–Kier alpha value is -2.91. The summed E-state index contributed by atoms with van der Waals surface area (Å²) in [5, 5.41) is 21.7. The first-order chi connectivity index (χ1) is 13.1. The standard InChI is InChI=1S/C21H21N3O3/c22-10-13-1-4-16(5-2-13)27-17-7-14-11-23-20(18(14)8-17)9-21(26)19-6-3-15(25)12-24-19/h1-6,12,14,17-18,20,23,25H,7-9,11H2/t14-,17+,18+,20+/m1/s1. The Morgan fingerprint density at radius 2 is 2.07 bits per heavy atom. The summed E-state index contributed by atoms with van der Waals surface area (Å²) in [5.74, 6) is 1.76. The van der Waals surface area contributed by atoms with Crippen LogP contribution in [0.1, 0.15) is 35.3 Å². The third-order valence-corrected chi connectivity index (χ3v) is 5.59.